The average Bonchev–Trinajstić information content (AvgIpc) is 3.20. The van der Waals surface area contributed by atoms with Gasteiger partial charge in [0, 0.05) is 22.8 Å². The molecular weight excluding hydrogens is 688 g/mol. The molecule has 0 atom stereocenters. The maximum atomic E-state index is 12.3. The first-order valence-corrected chi connectivity index (χ1v) is 16.3. The Hall–Kier alpha value is -7.86. The van der Waals surface area contributed by atoms with E-state index in [0.717, 1.165) is 22.3 Å². The topological polar surface area (TPSA) is 194 Å². The summed E-state index contributed by atoms with van der Waals surface area (Å²) < 4.78 is 0. The summed E-state index contributed by atoms with van der Waals surface area (Å²) in [5.41, 5.74) is 5.83. The van der Waals surface area contributed by atoms with E-state index in [-0.39, 0.29) is 33.8 Å². The molecule has 0 aliphatic carbocycles. The molecule has 0 bridgehead atoms. The van der Waals surface area contributed by atoms with Crippen molar-refractivity contribution in [3.63, 3.8) is 0 Å². The van der Waals surface area contributed by atoms with E-state index in [2.05, 4.69) is 0 Å². The molecule has 7 aromatic rings. The highest BCUT2D eigenvalue weighted by atomic mass is 16.6. The molecule has 12 nitrogen and oxygen atoms in total. The van der Waals surface area contributed by atoms with Crippen molar-refractivity contribution in [1.82, 2.24) is 15.0 Å². The Balaban J connectivity index is 1.30. The van der Waals surface area contributed by atoms with Gasteiger partial charge in [-0.1, -0.05) is 91.0 Å². The summed E-state index contributed by atoms with van der Waals surface area (Å²) >= 11 is 0. The van der Waals surface area contributed by atoms with Gasteiger partial charge in [-0.3, -0.25) is 10.1 Å². The zero-order chi connectivity index (χ0) is 37.9. The van der Waals surface area contributed by atoms with Crippen molar-refractivity contribution in [2.24, 2.45) is 0 Å². The molecule has 3 N–H and O–H groups in total. The molecule has 54 heavy (non-hydrogen) atoms. The van der Waals surface area contributed by atoms with Gasteiger partial charge in [0.05, 0.1) is 27.2 Å². The molecule has 1 aromatic heterocycles. The predicted molar refractivity (Wildman–Crippen MR) is 200 cm³/mol. The first kappa shape index (κ1) is 34.6. The number of benzene rings is 6. The number of nitro benzene ring substituents is 1. The van der Waals surface area contributed by atoms with Gasteiger partial charge in [0.1, 0.15) is 0 Å². The van der Waals surface area contributed by atoms with E-state index in [1.807, 2.05) is 48.5 Å². The molecule has 0 saturated carbocycles. The Labute approximate surface area is 306 Å². The SMILES string of the molecule is O=C(O)c1ccc(-c2ccc(-c3nc(-c4ccc(-c5ccc(C(=O)O)cc5)cc4)nc(-c4ccc(-c5ccc(C(=O)O)cc5)c([N+](=O)[O-])c4)n3)cc2)cc1. The maximum absolute atomic E-state index is 12.3. The minimum absolute atomic E-state index is 0.0523. The van der Waals surface area contributed by atoms with Gasteiger partial charge in [-0.2, -0.15) is 0 Å². The number of carbonyl (C=O) groups is 3. The van der Waals surface area contributed by atoms with E-state index in [1.54, 1.807) is 36.4 Å². The molecule has 0 radical (unpaired) electrons. The molecule has 0 aliphatic rings. The smallest absolute Gasteiger partial charge is 0.335 e. The van der Waals surface area contributed by atoms with Crippen LogP contribution in [0.1, 0.15) is 31.1 Å². The Morgan fingerprint density at radius 3 is 1.02 bits per heavy atom. The Kier molecular flexibility index (Phi) is 9.22. The van der Waals surface area contributed by atoms with E-state index in [0.29, 0.717) is 33.9 Å². The van der Waals surface area contributed by atoms with Crippen LogP contribution in [0.4, 0.5) is 5.69 Å². The van der Waals surface area contributed by atoms with Crippen LogP contribution in [0.15, 0.2) is 140 Å². The van der Waals surface area contributed by atoms with Crippen molar-refractivity contribution >= 4 is 23.6 Å². The van der Waals surface area contributed by atoms with E-state index < -0.39 is 22.8 Å². The van der Waals surface area contributed by atoms with Crippen LogP contribution >= 0.6 is 0 Å². The summed E-state index contributed by atoms with van der Waals surface area (Å²) in [6, 6.07) is 38.1. The lowest BCUT2D eigenvalue weighted by Gasteiger charge is -2.11. The molecule has 0 aliphatic heterocycles. The first-order valence-electron chi connectivity index (χ1n) is 16.3. The molecule has 7 rings (SSSR count). The molecule has 1 heterocycles. The monoisotopic (exact) mass is 714 g/mol. The van der Waals surface area contributed by atoms with Gasteiger partial charge in [-0.25, -0.2) is 29.3 Å². The summed E-state index contributed by atoms with van der Waals surface area (Å²) in [4.78, 5) is 60.0. The number of rotatable bonds is 10. The Bertz CT molecular complexity index is 2450. The fourth-order valence-corrected chi connectivity index (χ4v) is 5.86. The summed E-state index contributed by atoms with van der Waals surface area (Å²) in [6.45, 7) is 0. The minimum Gasteiger partial charge on any atom is -0.478 e. The quantitative estimate of drug-likeness (QED) is 0.0904. The fraction of sp³-hybridized carbons (Fsp3) is 0. The van der Waals surface area contributed by atoms with Gasteiger partial charge >= 0.3 is 17.9 Å². The van der Waals surface area contributed by atoms with Gasteiger partial charge in [-0.05, 0) is 70.3 Å². The lowest BCUT2D eigenvalue weighted by atomic mass is 10.00. The number of nitro groups is 1. The van der Waals surface area contributed by atoms with Crippen LogP contribution in [-0.2, 0) is 0 Å². The zero-order valence-electron chi connectivity index (χ0n) is 28.0. The molecule has 0 amide bonds. The van der Waals surface area contributed by atoms with E-state index in [9.17, 15) is 39.8 Å². The number of nitrogens with zero attached hydrogens (tertiary/aromatic N) is 4. The minimum atomic E-state index is -1.11. The number of aromatic nitrogens is 3. The van der Waals surface area contributed by atoms with E-state index in [4.69, 9.17) is 15.0 Å². The molecule has 12 heteroatoms. The lowest BCUT2D eigenvalue weighted by Crippen LogP contribution is -2.01. The predicted octanol–water partition coefficient (Wildman–Crippen LogP) is 8.88. The summed E-state index contributed by atoms with van der Waals surface area (Å²) in [7, 11) is 0. The van der Waals surface area contributed by atoms with E-state index >= 15 is 0 Å². The van der Waals surface area contributed by atoms with Crippen LogP contribution in [0.25, 0.3) is 67.5 Å². The molecular formula is C42H26N4O8. The van der Waals surface area contributed by atoms with Gasteiger partial charge in [0.25, 0.3) is 5.69 Å². The van der Waals surface area contributed by atoms with Gasteiger partial charge in [0.2, 0.25) is 0 Å². The van der Waals surface area contributed by atoms with Crippen molar-refractivity contribution in [3.05, 3.63) is 166 Å². The van der Waals surface area contributed by atoms with Crippen LogP contribution in [0.2, 0.25) is 0 Å². The highest BCUT2D eigenvalue weighted by Gasteiger charge is 2.20. The molecule has 262 valence electrons. The lowest BCUT2D eigenvalue weighted by molar-refractivity contribution is -0.384. The fourth-order valence-electron chi connectivity index (χ4n) is 5.86. The Morgan fingerprint density at radius 1 is 0.407 bits per heavy atom. The van der Waals surface area contributed by atoms with Crippen molar-refractivity contribution in [1.29, 1.82) is 0 Å². The molecule has 6 aromatic carbocycles. The number of hydrogen-bond donors (Lipinski definition) is 3. The third kappa shape index (κ3) is 7.16. The third-order valence-electron chi connectivity index (χ3n) is 8.75. The molecule has 0 saturated heterocycles. The highest BCUT2D eigenvalue weighted by Crippen LogP contribution is 2.35. The third-order valence-corrected chi connectivity index (χ3v) is 8.75. The summed E-state index contributed by atoms with van der Waals surface area (Å²) in [5, 5.41) is 40.1. The number of hydrogen-bond acceptors (Lipinski definition) is 8. The highest BCUT2D eigenvalue weighted by molar-refractivity contribution is 5.90. The summed E-state index contributed by atoms with van der Waals surface area (Å²) in [6.07, 6.45) is 0. The van der Waals surface area contributed by atoms with Crippen LogP contribution in [0, 0.1) is 10.1 Å². The van der Waals surface area contributed by atoms with Crippen LogP contribution in [0.5, 0.6) is 0 Å². The van der Waals surface area contributed by atoms with E-state index in [1.165, 1.54) is 54.6 Å². The standard InChI is InChI=1S/C42H26N4O8/c47-40(48)31-15-5-26(6-16-31)24-1-11-29(12-2-24)37-43-38(30-13-3-25(4-14-30)27-7-17-32(18-8-27)41(49)50)45-39(44-37)34-21-22-35(36(23-34)46(53)54)28-9-19-33(20-10-28)42(51)52/h1-23H,(H,47,48)(H,49,50)(H,51,52). The van der Waals surface area contributed by atoms with Crippen LogP contribution < -0.4 is 0 Å². The normalized spacial score (nSPS) is 10.8. The largest absolute Gasteiger partial charge is 0.478 e. The second-order valence-corrected chi connectivity index (χ2v) is 12.1. The maximum Gasteiger partial charge on any atom is 0.335 e. The first-order chi connectivity index (χ1) is 26.0. The van der Waals surface area contributed by atoms with Crippen molar-refractivity contribution in [2.45, 2.75) is 0 Å². The van der Waals surface area contributed by atoms with Gasteiger partial charge in [-0.15, -0.1) is 0 Å². The van der Waals surface area contributed by atoms with Crippen molar-refractivity contribution in [2.75, 3.05) is 0 Å². The number of aromatic carboxylic acids is 3. The number of carboxylic acid groups (broad SMARTS) is 3. The summed E-state index contributed by atoms with van der Waals surface area (Å²) in [5.74, 6) is -2.37. The molecule has 0 fully saturated rings. The van der Waals surface area contributed by atoms with Crippen molar-refractivity contribution < 1.29 is 34.6 Å². The zero-order valence-corrected chi connectivity index (χ0v) is 28.0. The second-order valence-electron chi connectivity index (χ2n) is 12.1. The number of carboxylic acids is 3. The second kappa shape index (κ2) is 14.4. The van der Waals surface area contributed by atoms with Gasteiger partial charge in [0.15, 0.2) is 17.5 Å². The van der Waals surface area contributed by atoms with Crippen LogP contribution in [0.3, 0.4) is 0 Å². The average molecular weight is 715 g/mol. The van der Waals surface area contributed by atoms with Crippen LogP contribution in [-0.4, -0.2) is 53.1 Å². The molecule has 0 unspecified atom stereocenters. The van der Waals surface area contributed by atoms with Crippen molar-refractivity contribution in [3.8, 4) is 67.5 Å². The Morgan fingerprint density at radius 2 is 0.685 bits per heavy atom. The van der Waals surface area contributed by atoms with Gasteiger partial charge < -0.3 is 15.3 Å². The molecule has 0 spiro atoms.